The Balaban J connectivity index is 1.95. The first-order valence-electron chi connectivity index (χ1n) is 7.84. The van der Waals surface area contributed by atoms with Crippen molar-refractivity contribution in [3.8, 4) is 11.5 Å². The van der Waals surface area contributed by atoms with E-state index in [1.54, 1.807) is 14.2 Å². The van der Waals surface area contributed by atoms with Gasteiger partial charge in [0.2, 0.25) is 0 Å². The van der Waals surface area contributed by atoms with Crippen LogP contribution in [0.25, 0.3) is 10.9 Å². The lowest BCUT2D eigenvalue weighted by molar-refractivity contribution is 0.354. The van der Waals surface area contributed by atoms with Gasteiger partial charge in [-0.2, -0.15) is 0 Å². The monoisotopic (exact) mass is 344 g/mol. The van der Waals surface area contributed by atoms with Crippen LogP contribution < -0.4 is 15.2 Å². The summed E-state index contributed by atoms with van der Waals surface area (Å²) in [7, 11) is 3.19. The van der Waals surface area contributed by atoms with Crippen molar-refractivity contribution < 1.29 is 9.47 Å². The number of fused-ring (bicyclic) bond motifs is 1. The Labute approximate surface area is 146 Å². The first kappa shape index (κ1) is 16.7. The molecule has 0 aliphatic carbocycles. The number of halogens is 1. The van der Waals surface area contributed by atoms with E-state index in [-0.39, 0.29) is 5.92 Å². The molecule has 0 aliphatic rings. The summed E-state index contributed by atoms with van der Waals surface area (Å²) >= 11 is 6.32. The van der Waals surface area contributed by atoms with Gasteiger partial charge in [-0.3, -0.25) is 0 Å². The SMILES string of the molecule is COc1cc(CC(CN)c2c[nH]c3ccccc23)cc(Cl)c1OC. The van der Waals surface area contributed by atoms with Crippen molar-refractivity contribution in [3.05, 3.63) is 58.7 Å². The molecular weight excluding hydrogens is 324 g/mol. The van der Waals surface area contributed by atoms with Gasteiger partial charge in [0.15, 0.2) is 11.5 Å². The third-order valence-corrected chi connectivity index (χ3v) is 4.60. The number of para-hydroxylation sites is 1. The number of ether oxygens (including phenoxy) is 2. The summed E-state index contributed by atoms with van der Waals surface area (Å²) in [5.74, 6) is 1.38. The fourth-order valence-corrected chi connectivity index (χ4v) is 3.44. The minimum Gasteiger partial charge on any atom is -0.493 e. The van der Waals surface area contributed by atoms with E-state index in [9.17, 15) is 0 Å². The van der Waals surface area contributed by atoms with Crippen LogP contribution in [0.15, 0.2) is 42.6 Å². The maximum atomic E-state index is 6.32. The molecule has 2 aromatic carbocycles. The van der Waals surface area contributed by atoms with E-state index in [0.717, 1.165) is 17.5 Å². The number of nitrogens with one attached hydrogen (secondary N) is 1. The number of nitrogens with two attached hydrogens (primary N) is 1. The first-order valence-corrected chi connectivity index (χ1v) is 8.22. The standard InChI is InChI=1S/C19H21ClN2O2/c1-23-18-9-12(8-16(20)19(18)24-2)7-13(10-21)15-11-22-17-6-4-3-5-14(15)17/h3-6,8-9,11,13,22H,7,10,21H2,1-2H3. The minimum absolute atomic E-state index is 0.190. The molecule has 5 heteroatoms. The maximum Gasteiger partial charge on any atom is 0.179 e. The molecular formula is C19H21ClN2O2. The van der Waals surface area contributed by atoms with Crippen molar-refractivity contribution in [2.45, 2.75) is 12.3 Å². The summed E-state index contributed by atoms with van der Waals surface area (Å²) in [6, 6.07) is 12.1. The van der Waals surface area contributed by atoms with Crippen molar-refractivity contribution >= 4 is 22.5 Å². The smallest absolute Gasteiger partial charge is 0.179 e. The molecule has 0 fully saturated rings. The molecule has 0 spiro atoms. The van der Waals surface area contributed by atoms with Crippen LogP contribution in [0.5, 0.6) is 11.5 Å². The highest BCUT2D eigenvalue weighted by atomic mass is 35.5. The average molecular weight is 345 g/mol. The van der Waals surface area contributed by atoms with Crippen LogP contribution in [0.1, 0.15) is 17.0 Å². The molecule has 1 atom stereocenters. The highest BCUT2D eigenvalue weighted by Crippen LogP contribution is 2.37. The molecule has 24 heavy (non-hydrogen) atoms. The molecule has 126 valence electrons. The van der Waals surface area contributed by atoms with E-state index in [1.165, 1.54) is 10.9 Å². The molecule has 0 aliphatic heterocycles. The minimum atomic E-state index is 0.190. The van der Waals surface area contributed by atoms with Gasteiger partial charge < -0.3 is 20.2 Å². The Hall–Kier alpha value is -2.17. The lowest BCUT2D eigenvalue weighted by Crippen LogP contribution is -2.15. The van der Waals surface area contributed by atoms with Gasteiger partial charge in [-0.25, -0.2) is 0 Å². The average Bonchev–Trinajstić information content (AvgIpc) is 3.03. The Morgan fingerprint density at radius 2 is 1.96 bits per heavy atom. The molecule has 0 amide bonds. The molecule has 3 aromatic rings. The quantitative estimate of drug-likeness (QED) is 0.707. The molecule has 0 saturated heterocycles. The predicted octanol–water partition coefficient (Wildman–Crippen LogP) is 4.12. The van der Waals surface area contributed by atoms with Crippen molar-refractivity contribution in [3.63, 3.8) is 0 Å². The van der Waals surface area contributed by atoms with E-state index in [0.29, 0.717) is 23.1 Å². The topological polar surface area (TPSA) is 60.3 Å². The molecule has 1 aromatic heterocycles. The van der Waals surface area contributed by atoms with E-state index in [4.69, 9.17) is 26.8 Å². The Kier molecular flexibility index (Phi) is 4.97. The van der Waals surface area contributed by atoms with Crippen LogP contribution in [-0.2, 0) is 6.42 Å². The largest absolute Gasteiger partial charge is 0.493 e. The fourth-order valence-electron chi connectivity index (χ4n) is 3.13. The number of hydrogen-bond acceptors (Lipinski definition) is 3. The van der Waals surface area contributed by atoms with Gasteiger partial charge in [0.1, 0.15) is 0 Å². The highest BCUT2D eigenvalue weighted by Gasteiger charge is 2.18. The van der Waals surface area contributed by atoms with E-state index >= 15 is 0 Å². The molecule has 1 heterocycles. The van der Waals surface area contributed by atoms with Crippen molar-refractivity contribution in [1.29, 1.82) is 0 Å². The van der Waals surface area contributed by atoms with Crippen LogP contribution in [0.2, 0.25) is 5.02 Å². The molecule has 3 rings (SSSR count). The van der Waals surface area contributed by atoms with Crippen LogP contribution in [-0.4, -0.2) is 25.7 Å². The second kappa shape index (κ2) is 7.16. The number of rotatable bonds is 6. The van der Waals surface area contributed by atoms with Crippen LogP contribution in [0.3, 0.4) is 0 Å². The predicted molar refractivity (Wildman–Crippen MR) is 98.4 cm³/mol. The van der Waals surface area contributed by atoms with Crippen LogP contribution in [0, 0.1) is 0 Å². The summed E-state index contributed by atoms with van der Waals surface area (Å²) in [6.07, 6.45) is 2.82. The lowest BCUT2D eigenvalue weighted by atomic mass is 9.91. The number of hydrogen-bond donors (Lipinski definition) is 2. The van der Waals surface area contributed by atoms with Crippen molar-refractivity contribution in [2.24, 2.45) is 5.73 Å². The van der Waals surface area contributed by atoms with Crippen LogP contribution in [0.4, 0.5) is 0 Å². The number of methoxy groups -OCH3 is 2. The van der Waals surface area contributed by atoms with Gasteiger partial charge in [0.25, 0.3) is 0 Å². The summed E-state index contributed by atoms with van der Waals surface area (Å²) in [5.41, 5.74) is 9.48. The summed E-state index contributed by atoms with van der Waals surface area (Å²) in [5, 5.41) is 1.75. The van der Waals surface area contributed by atoms with Gasteiger partial charge in [-0.05, 0) is 42.3 Å². The Morgan fingerprint density at radius 1 is 1.17 bits per heavy atom. The molecule has 1 unspecified atom stereocenters. The van der Waals surface area contributed by atoms with Crippen LogP contribution >= 0.6 is 11.6 Å². The molecule has 0 bridgehead atoms. The van der Waals surface area contributed by atoms with Crippen molar-refractivity contribution in [2.75, 3.05) is 20.8 Å². The third-order valence-electron chi connectivity index (χ3n) is 4.32. The fraction of sp³-hybridized carbons (Fsp3) is 0.263. The summed E-state index contributed by atoms with van der Waals surface area (Å²) in [6.45, 7) is 0.549. The zero-order chi connectivity index (χ0) is 17.1. The van der Waals surface area contributed by atoms with Gasteiger partial charge in [-0.15, -0.1) is 0 Å². The second-order valence-electron chi connectivity index (χ2n) is 5.74. The third kappa shape index (κ3) is 3.07. The molecule has 3 N–H and O–H groups in total. The first-order chi connectivity index (χ1) is 11.7. The van der Waals surface area contributed by atoms with E-state index in [1.807, 2.05) is 30.5 Å². The molecule has 0 saturated carbocycles. The van der Waals surface area contributed by atoms with Gasteiger partial charge in [-0.1, -0.05) is 29.8 Å². The maximum absolute atomic E-state index is 6.32. The number of H-pyrrole nitrogens is 1. The van der Waals surface area contributed by atoms with E-state index < -0.39 is 0 Å². The number of aromatic amines is 1. The molecule has 4 nitrogen and oxygen atoms in total. The van der Waals surface area contributed by atoms with Gasteiger partial charge >= 0.3 is 0 Å². The van der Waals surface area contributed by atoms with Gasteiger partial charge in [0, 0.05) is 23.0 Å². The zero-order valence-corrected chi connectivity index (χ0v) is 14.6. The Morgan fingerprint density at radius 3 is 2.67 bits per heavy atom. The second-order valence-corrected chi connectivity index (χ2v) is 6.15. The Bertz CT molecular complexity index is 844. The normalized spacial score (nSPS) is 12.3. The summed E-state index contributed by atoms with van der Waals surface area (Å²) < 4.78 is 10.7. The van der Waals surface area contributed by atoms with Crippen molar-refractivity contribution in [1.82, 2.24) is 4.98 Å². The zero-order valence-electron chi connectivity index (χ0n) is 13.8. The number of benzene rings is 2. The number of aromatic nitrogens is 1. The van der Waals surface area contributed by atoms with Gasteiger partial charge in [0.05, 0.1) is 19.2 Å². The van der Waals surface area contributed by atoms with E-state index in [2.05, 4.69) is 17.1 Å². The lowest BCUT2D eigenvalue weighted by Gasteiger charge is -2.17. The summed E-state index contributed by atoms with van der Waals surface area (Å²) in [4.78, 5) is 3.31. The highest BCUT2D eigenvalue weighted by molar-refractivity contribution is 6.32. The molecule has 0 radical (unpaired) electrons.